The number of hydrogen-bond acceptors (Lipinski definition) is 3. The van der Waals surface area contributed by atoms with Gasteiger partial charge in [-0.2, -0.15) is 0 Å². The quantitative estimate of drug-likeness (QED) is 0.914. The first-order chi connectivity index (χ1) is 10.0. The van der Waals surface area contributed by atoms with Gasteiger partial charge in [0, 0.05) is 13.1 Å². The largest absolute Gasteiger partial charge is 0.356 e. The Balaban J connectivity index is 2.25. The van der Waals surface area contributed by atoms with E-state index in [4.69, 9.17) is 4.74 Å². The topological polar surface area (TPSA) is 58.6 Å². The van der Waals surface area contributed by atoms with Gasteiger partial charge >= 0.3 is 0 Å². The number of rotatable bonds is 4. The average Bonchev–Trinajstić information content (AvgIpc) is 2.50. The van der Waals surface area contributed by atoms with E-state index in [2.05, 4.69) is 5.32 Å². The zero-order valence-electron chi connectivity index (χ0n) is 12.7. The Labute approximate surface area is 125 Å². The molecule has 5 heteroatoms. The molecule has 1 aromatic carbocycles. The molecular formula is C16H22N2O3. The molecule has 114 valence electrons. The number of carbonyl (C=O) groups excluding carboxylic acids is 2. The lowest BCUT2D eigenvalue weighted by Gasteiger charge is -2.38. The summed E-state index contributed by atoms with van der Waals surface area (Å²) < 4.78 is 5.53. The highest BCUT2D eigenvalue weighted by molar-refractivity contribution is 5.86. The van der Waals surface area contributed by atoms with Crippen LogP contribution < -0.4 is 5.32 Å². The van der Waals surface area contributed by atoms with Crippen LogP contribution in [0.2, 0.25) is 0 Å². The zero-order valence-corrected chi connectivity index (χ0v) is 12.7. The molecule has 1 aliphatic rings. The van der Waals surface area contributed by atoms with E-state index in [0.29, 0.717) is 0 Å². The zero-order chi connectivity index (χ0) is 15.4. The summed E-state index contributed by atoms with van der Waals surface area (Å²) in [6, 6.07) is 9.21. The summed E-state index contributed by atoms with van der Waals surface area (Å²) in [5, 5.41) is 2.93. The van der Waals surface area contributed by atoms with E-state index in [1.54, 1.807) is 11.9 Å². The smallest absolute Gasteiger partial charge is 0.251 e. The van der Waals surface area contributed by atoms with Gasteiger partial charge in [-0.1, -0.05) is 37.3 Å². The fourth-order valence-electron chi connectivity index (χ4n) is 2.41. The van der Waals surface area contributed by atoms with E-state index in [0.717, 1.165) is 12.0 Å². The summed E-state index contributed by atoms with van der Waals surface area (Å²) in [5.41, 5.74) is 0.900. The van der Waals surface area contributed by atoms with Crippen LogP contribution in [0.1, 0.15) is 31.9 Å². The Morgan fingerprint density at radius 3 is 2.71 bits per heavy atom. The minimum absolute atomic E-state index is 0.0571. The Kier molecular flexibility index (Phi) is 4.96. The molecular weight excluding hydrogens is 268 g/mol. The third kappa shape index (κ3) is 3.42. The van der Waals surface area contributed by atoms with E-state index in [-0.39, 0.29) is 24.5 Å². The molecule has 0 aliphatic carbocycles. The highest BCUT2D eigenvalue weighted by Crippen LogP contribution is 2.29. The van der Waals surface area contributed by atoms with E-state index < -0.39 is 12.1 Å². The van der Waals surface area contributed by atoms with Crippen molar-refractivity contribution in [1.29, 1.82) is 0 Å². The molecule has 1 aliphatic heterocycles. The van der Waals surface area contributed by atoms with Crippen LogP contribution in [0.5, 0.6) is 0 Å². The molecule has 0 spiro atoms. The third-order valence-electron chi connectivity index (χ3n) is 3.88. The molecule has 2 rings (SSSR count). The van der Waals surface area contributed by atoms with Crippen LogP contribution in [0.15, 0.2) is 30.3 Å². The van der Waals surface area contributed by atoms with Gasteiger partial charge in [-0.05, 0) is 18.9 Å². The molecule has 1 fully saturated rings. The average molecular weight is 290 g/mol. The Bertz CT molecular complexity index is 504. The predicted molar refractivity (Wildman–Crippen MR) is 79.6 cm³/mol. The second-order valence-electron chi connectivity index (χ2n) is 5.41. The van der Waals surface area contributed by atoms with Crippen molar-refractivity contribution in [3.8, 4) is 0 Å². The minimum atomic E-state index is -0.677. The molecule has 1 N–H and O–H groups in total. The molecule has 1 saturated heterocycles. The van der Waals surface area contributed by atoms with Crippen LogP contribution in [0.25, 0.3) is 0 Å². The molecule has 0 saturated carbocycles. The van der Waals surface area contributed by atoms with Crippen molar-refractivity contribution < 1.29 is 14.3 Å². The monoisotopic (exact) mass is 290 g/mol. The number of hydrogen-bond donors (Lipinski definition) is 1. The van der Waals surface area contributed by atoms with Crippen LogP contribution in [0, 0.1) is 0 Å². The van der Waals surface area contributed by atoms with Gasteiger partial charge in [0.05, 0.1) is 6.04 Å². The first kappa shape index (κ1) is 15.5. The Morgan fingerprint density at radius 2 is 2.10 bits per heavy atom. The maximum atomic E-state index is 12.4. The molecule has 0 radical (unpaired) electrons. The maximum absolute atomic E-state index is 12.4. The van der Waals surface area contributed by atoms with Crippen LogP contribution in [-0.2, 0) is 14.3 Å². The first-order valence-electron chi connectivity index (χ1n) is 7.27. The van der Waals surface area contributed by atoms with Crippen molar-refractivity contribution in [2.24, 2.45) is 0 Å². The minimum Gasteiger partial charge on any atom is -0.356 e. The summed E-state index contributed by atoms with van der Waals surface area (Å²) in [7, 11) is 1.71. The van der Waals surface area contributed by atoms with Gasteiger partial charge in [-0.3, -0.25) is 9.59 Å². The fourth-order valence-corrected chi connectivity index (χ4v) is 2.41. The number of nitrogens with zero attached hydrogens (tertiary/aromatic N) is 1. The molecule has 3 atom stereocenters. The summed E-state index contributed by atoms with van der Waals surface area (Å²) in [5.74, 6) is -0.283. The summed E-state index contributed by atoms with van der Waals surface area (Å²) >= 11 is 0. The normalized spacial score (nSPS) is 23.8. The van der Waals surface area contributed by atoms with Gasteiger partial charge in [-0.25, -0.2) is 0 Å². The van der Waals surface area contributed by atoms with Gasteiger partial charge in [-0.15, -0.1) is 0 Å². The molecule has 21 heavy (non-hydrogen) atoms. The summed E-state index contributed by atoms with van der Waals surface area (Å²) in [6.45, 7) is 3.91. The Morgan fingerprint density at radius 1 is 1.43 bits per heavy atom. The van der Waals surface area contributed by atoms with Gasteiger partial charge in [0.25, 0.3) is 5.91 Å². The van der Waals surface area contributed by atoms with Gasteiger partial charge < -0.3 is 15.0 Å². The lowest BCUT2D eigenvalue weighted by molar-refractivity contribution is -0.162. The lowest BCUT2D eigenvalue weighted by atomic mass is 9.97. The molecule has 2 amide bonds. The van der Waals surface area contributed by atoms with E-state index in [1.165, 1.54) is 0 Å². The van der Waals surface area contributed by atoms with Crippen LogP contribution >= 0.6 is 0 Å². The van der Waals surface area contributed by atoms with Gasteiger partial charge in [0.15, 0.2) is 6.10 Å². The second kappa shape index (κ2) is 6.72. The van der Waals surface area contributed by atoms with Crippen molar-refractivity contribution in [2.45, 2.75) is 38.5 Å². The number of morpholine rings is 1. The Hall–Kier alpha value is -1.88. The lowest BCUT2D eigenvalue weighted by Crippen LogP contribution is -2.54. The fraction of sp³-hybridized carbons (Fsp3) is 0.500. The number of ether oxygens (including phenoxy) is 1. The molecule has 1 heterocycles. The highest BCUT2D eigenvalue weighted by Gasteiger charge is 2.40. The number of carbonyl (C=O) groups is 2. The molecule has 0 bridgehead atoms. The molecule has 0 aromatic heterocycles. The van der Waals surface area contributed by atoms with Crippen molar-refractivity contribution in [1.82, 2.24) is 10.2 Å². The third-order valence-corrected chi connectivity index (χ3v) is 3.88. The van der Waals surface area contributed by atoms with Gasteiger partial charge in [0.1, 0.15) is 6.61 Å². The van der Waals surface area contributed by atoms with Crippen molar-refractivity contribution in [2.75, 3.05) is 13.7 Å². The maximum Gasteiger partial charge on any atom is 0.251 e. The van der Waals surface area contributed by atoms with Crippen molar-refractivity contribution in [3.63, 3.8) is 0 Å². The number of amides is 2. The molecule has 3 unspecified atom stereocenters. The standard InChI is InChI=1S/C16H22N2O3/c1-4-11(2)17-16(20)15-14(12-8-6-5-7-9-12)18(3)13(19)10-21-15/h5-9,11,14-15H,4,10H2,1-3H3,(H,17,20). The highest BCUT2D eigenvalue weighted by atomic mass is 16.5. The number of benzene rings is 1. The van der Waals surface area contributed by atoms with Crippen molar-refractivity contribution >= 4 is 11.8 Å². The first-order valence-corrected chi connectivity index (χ1v) is 7.27. The molecule has 5 nitrogen and oxygen atoms in total. The summed E-state index contributed by atoms with van der Waals surface area (Å²) in [4.78, 5) is 25.9. The van der Waals surface area contributed by atoms with E-state index in [9.17, 15) is 9.59 Å². The van der Waals surface area contributed by atoms with Crippen LogP contribution in [0.3, 0.4) is 0 Å². The second-order valence-corrected chi connectivity index (χ2v) is 5.41. The molecule has 1 aromatic rings. The van der Waals surface area contributed by atoms with Gasteiger partial charge in [0.2, 0.25) is 5.91 Å². The van der Waals surface area contributed by atoms with Crippen LogP contribution in [0.4, 0.5) is 0 Å². The predicted octanol–water partition coefficient (Wildman–Crippen LogP) is 1.50. The van der Waals surface area contributed by atoms with E-state index in [1.807, 2.05) is 44.2 Å². The van der Waals surface area contributed by atoms with Crippen LogP contribution in [-0.4, -0.2) is 42.5 Å². The summed E-state index contributed by atoms with van der Waals surface area (Å²) in [6.07, 6.45) is 0.174. The van der Waals surface area contributed by atoms with E-state index >= 15 is 0 Å². The number of nitrogens with one attached hydrogen (secondary N) is 1. The van der Waals surface area contributed by atoms with Crippen molar-refractivity contribution in [3.05, 3.63) is 35.9 Å². The SMILES string of the molecule is CCC(C)NC(=O)C1OCC(=O)N(C)C1c1ccccc1. The number of likely N-dealkylation sites (N-methyl/N-ethyl adjacent to an activating group) is 1.